The second kappa shape index (κ2) is 4.10. The number of imidazole rings is 1. The highest BCUT2D eigenvalue weighted by molar-refractivity contribution is 4.98. The number of aromatic nitrogens is 2. The van der Waals surface area contributed by atoms with Gasteiger partial charge in [0.15, 0.2) is 0 Å². The number of hydrogen-bond donors (Lipinski definition) is 0. The van der Waals surface area contributed by atoms with Crippen molar-refractivity contribution in [3.05, 3.63) is 30.9 Å². The molecule has 0 N–H and O–H groups in total. The van der Waals surface area contributed by atoms with Crippen LogP contribution in [0.5, 0.6) is 0 Å². The lowest BCUT2D eigenvalue weighted by atomic mass is 10.3. The van der Waals surface area contributed by atoms with Crippen molar-refractivity contribution >= 4 is 0 Å². The van der Waals surface area contributed by atoms with E-state index in [-0.39, 0.29) is 0 Å². The fraction of sp³-hybridized carbons (Fsp3) is 0.500. The molecule has 0 spiro atoms. The van der Waals surface area contributed by atoms with Crippen LogP contribution < -0.4 is 0 Å². The van der Waals surface area contributed by atoms with Gasteiger partial charge in [-0.05, 0) is 13.3 Å². The Bertz CT molecular complexity index is 250. The monoisotopic (exact) mass is 164 g/mol. The van der Waals surface area contributed by atoms with Crippen LogP contribution in [0.25, 0.3) is 0 Å². The molecule has 1 aromatic rings. The molecule has 0 radical (unpaired) electrons. The third-order valence-corrected chi connectivity index (χ3v) is 2.00. The second-order valence-electron chi connectivity index (χ2n) is 2.98. The van der Waals surface area contributed by atoms with Gasteiger partial charge in [-0.2, -0.15) is 0 Å². The van der Waals surface area contributed by atoms with Crippen LogP contribution in [0.2, 0.25) is 0 Å². The quantitative estimate of drug-likeness (QED) is 0.625. The molecule has 0 amide bonds. The summed E-state index contributed by atoms with van der Waals surface area (Å²) >= 11 is 0. The van der Waals surface area contributed by atoms with Crippen LogP contribution in [-0.4, -0.2) is 9.55 Å². The topological polar surface area (TPSA) is 17.8 Å². The summed E-state index contributed by atoms with van der Waals surface area (Å²) in [6.45, 7) is 8.05. The number of nitrogens with zero attached hydrogens (tertiary/aromatic N) is 2. The van der Waals surface area contributed by atoms with E-state index in [1.54, 1.807) is 0 Å². The van der Waals surface area contributed by atoms with E-state index < -0.39 is 0 Å². The largest absolute Gasteiger partial charge is 0.328 e. The van der Waals surface area contributed by atoms with Gasteiger partial charge in [0, 0.05) is 24.9 Å². The van der Waals surface area contributed by atoms with Crippen molar-refractivity contribution in [3.8, 4) is 0 Å². The maximum atomic E-state index is 4.29. The summed E-state index contributed by atoms with van der Waals surface area (Å²) in [5.74, 6) is 1.16. The Morgan fingerprint density at radius 1 is 1.75 bits per heavy atom. The average molecular weight is 164 g/mol. The second-order valence-corrected chi connectivity index (χ2v) is 2.98. The molecule has 0 aliphatic carbocycles. The molecule has 0 saturated carbocycles. The van der Waals surface area contributed by atoms with Crippen molar-refractivity contribution in [2.45, 2.75) is 32.7 Å². The fourth-order valence-corrected chi connectivity index (χ4v) is 1.25. The fourth-order valence-electron chi connectivity index (χ4n) is 1.25. The van der Waals surface area contributed by atoms with Gasteiger partial charge in [0.1, 0.15) is 5.82 Å². The van der Waals surface area contributed by atoms with Crippen molar-refractivity contribution in [3.63, 3.8) is 0 Å². The molecule has 0 aromatic carbocycles. The first-order chi connectivity index (χ1) is 5.79. The summed E-state index contributed by atoms with van der Waals surface area (Å²) in [7, 11) is 0. The van der Waals surface area contributed by atoms with Crippen molar-refractivity contribution in [1.82, 2.24) is 9.55 Å². The van der Waals surface area contributed by atoms with Gasteiger partial charge in [-0.25, -0.2) is 4.98 Å². The van der Waals surface area contributed by atoms with Crippen molar-refractivity contribution in [2.24, 2.45) is 0 Å². The summed E-state index contributed by atoms with van der Waals surface area (Å²) in [5, 5.41) is 0. The van der Waals surface area contributed by atoms with Crippen molar-refractivity contribution in [1.29, 1.82) is 0 Å². The lowest BCUT2D eigenvalue weighted by molar-refractivity contribution is 0.613. The van der Waals surface area contributed by atoms with Gasteiger partial charge in [-0.1, -0.05) is 13.0 Å². The zero-order valence-electron chi connectivity index (χ0n) is 7.83. The molecule has 12 heavy (non-hydrogen) atoms. The molecule has 2 nitrogen and oxygen atoms in total. The number of rotatable bonds is 4. The smallest absolute Gasteiger partial charge is 0.109 e. The van der Waals surface area contributed by atoms with Crippen LogP contribution in [0.4, 0.5) is 0 Å². The summed E-state index contributed by atoms with van der Waals surface area (Å²) in [4.78, 5) is 4.29. The molecule has 66 valence electrons. The number of hydrogen-bond acceptors (Lipinski definition) is 1. The molecule has 0 bridgehead atoms. The van der Waals surface area contributed by atoms with Gasteiger partial charge in [0.25, 0.3) is 0 Å². The number of allylic oxidation sites excluding steroid dienone is 1. The summed E-state index contributed by atoms with van der Waals surface area (Å²) in [5.41, 5.74) is 0. The number of aryl methyl sites for hydroxylation is 1. The minimum atomic E-state index is 0.356. The molecule has 0 aliphatic heterocycles. The highest BCUT2D eigenvalue weighted by Crippen LogP contribution is 2.10. The molecule has 1 rings (SSSR count). The first-order valence-corrected chi connectivity index (χ1v) is 4.43. The average Bonchev–Trinajstić information content (AvgIpc) is 2.52. The highest BCUT2D eigenvalue weighted by Gasteiger charge is 2.04. The normalized spacial score (nSPS) is 12.8. The van der Waals surface area contributed by atoms with E-state index in [4.69, 9.17) is 0 Å². The van der Waals surface area contributed by atoms with Crippen molar-refractivity contribution < 1.29 is 0 Å². The maximum Gasteiger partial charge on any atom is 0.109 e. The molecule has 1 aromatic heterocycles. The van der Waals surface area contributed by atoms with Gasteiger partial charge in [-0.15, -0.1) is 6.58 Å². The minimum Gasteiger partial charge on any atom is -0.328 e. The first kappa shape index (κ1) is 9.04. The van der Waals surface area contributed by atoms with E-state index in [1.807, 2.05) is 18.5 Å². The van der Waals surface area contributed by atoms with Gasteiger partial charge in [-0.3, -0.25) is 0 Å². The summed E-state index contributed by atoms with van der Waals surface area (Å²) < 4.78 is 2.16. The van der Waals surface area contributed by atoms with Crippen LogP contribution in [-0.2, 0) is 6.42 Å². The molecule has 0 saturated heterocycles. The van der Waals surface area contributed by atoms with Gasteiger partial charge < -0.3 is 4.57 Å². The SMILES string of the molecule is C=CC(C)n1ccnc1CCC. The van der Waals surface area contributed by atoms with Crippen LogP contribution in [0.1, 0.15) is 32.1 Å². The van der Waals surface area contributed by atoms with Crippen LogP contribution in [0.15, 0.2) is 25.0 Å². The Balaban J connectivity index is 2.82. The summed E-state index contributed by atoms with van der Waals surface area (Å²) in [6, 6.07) is 0.356. The first-order valence-electron chi connectivity index (χ1n) is 4.43. The van der Waals surface area contributed by atoms with E-state index in [0.717, 1.165) is 18.7 Å². The Kier molecular flexibility index (Phi) is 3.09. The molecule has 0 fully saturated rings. The maximum absolute atomic E-state index is 4.29. The predicted octanol–water partition coefficient (Wildman–Crippen LogP) is 2.58. The Hall–Kier alpha value is -1.05. The highest BCUT2D eigenvalue weighted by atomic mass is 15.1. The molecule has 1 heterocycles. The Morgan fingerprint density at radius 2 is 2.50 bits per heavy atom. The Labute approximate surface area is 73.9 Å². The van der Waals surface area contributed by atoms with E-state index in [9.17, 15) is 0 Å². The molecule has 2 heteroatoms. The zero-order valence-corrected chi connectivity index (χ0v) is 7.83. The van der Waals surface area contributed by atoms with Crippen molar-refractivity contribution in [2.75, 3.05) is 0 Å². The third kappa shape index (κ3) is 1.76. The molecule has 0 aliphatic rings. The third-order valence-electron chi connectivity index (χ3n) is 2.00. The molecule has 1 unspecified atom stereocenters. The molecular formula is C10H16N2. The molecular weight excluding hydrogens is 148 g/mol. The van der Waals surface area contributed by atoms with E-state index in [1.165, 1.54) is 0 Å². The molecule has 1 atom stereocenters. The van der Waals surface area contributed by atoms with Gasteiger partial charge >= 0.3 is 0 Å². The summed E-state index contributed by atoms with van der Waals surface area (Å²) in [6.07, 6.45) is 7.98. The van der Waals surface area contributed by atoms with Crippen LogP contribution in [0, 0.1) is 0 Å². The van der Waals surface area contributed by atoms with E-state index in [2.05, 4.69) is 30.0 Å². The lowest BCUT2D eigenvalue weighted by Gasteiger charge is -2.11. The van der Waals surface area contributed by atoms with Gasteiger partial charge in [0.2, 0.25) is 0 Å². The predicted molar refractivity (Wildman–Crippen MR) is 51.1 cm³/mol. The van der Waals surface area contributed by atoms with Crippen LogP contribution >= 0.6 is 0 Å². The minimum absolute atomic E-state index is 0.356. The zero-order chi connectivity index (χ0) is 8.97. The van der Waals surface area contributed by atoms with E-state index >= 15 is 0 Å². The standard InChI is InChI=1S/C10H16N2/c1-4-6-10-11-7-8-12(10)9(3)5-2/h5,7-9H,2,4,6H2,1,3H3. The Morgan fingerprint density at radius 3 is 3.08 bits per heavy atom. The lowest BCUT2D eigenvalue weighted by Crippen LogP contribution is -2.05. The van der Waals surface area contributed by atoms with Gasteiger partial charge in [0.05, 0.1) is 0 Å². The van der Waals surface area contributed by atoms with E-state index in [0.29, 0.717) is 6.04 Å². The van der Waals surface area contributed by atoms with Crippen LogP contribution in [0.3, 0.4) is 0 Å².